The summed E-state index contributed by atoms with van der Waals surface area (Å²) in [7, 11) is 0. The summed E-state index contributed by atoms with van der Waals surface area (Å²) in [5.41, 5.74) is 6.35. The Morgan fingerprint density at radius 1 is 1.62 bits per heavy atom. The molecule has 0 aliphatic rings. The zero-order valence-corrected chi connectivity index (χ0v) is 12.0. The standard InChI is InChI=1S/C11H16BrNO2S/c1-11(2,3)15-10(14)8(13)4-7-5-9(12)16-6-7/h5-6,8H,4,13H2,1-3H3. The molecule has 16 heavy (non-hydrogen) atoms. The van der Waals surface area contributed by atoms with Gasteiger partial charge in [0.05, 0.1) is 3.79 Å². The Hall–Kier alpha value is -0.390. The number of halogens is 1. The zero-order valence-electron chi connectivity index (χ0n) is 9.62. The third-order valence-corrected chi connectivity index (χ3v) is 3.34. The lowest BCUT2D eigenvalue weighted by molar-refractivity contribution is -0.156. The Bertz CT molecular complexity index is 370. The van der Waals surface area contributed by atoms with Crippen LogP contribution in [-0.4, -0.2) is 17.6 Å². The molecule has 90 valence electrons. The fraction of sp³-hybridized carbons (Fsp3) is 0.545. The van der Waals surface area contributed by atoms with Gasteiger partial charge in [0.25, 0.3) is 0 Å². The molecule has 3 nitrogen and oxygen atoms in total. The number of thiophene rings is 1. The second kappa shape index (κ2) is 5.29. The van der Waals surface area contributed by atoms with E-state index >= 15 is 0 Å². The Kier molecular flexibility index (Phi) is 4.52. The SMILES string of the molecule is CC(C)(C)OC(=O)C(N)Cc1csc(Br)c1. The summed E-state index contributed by atoms with van der Waals surface area (Å²) >= 11 is 4.95. The minimum absolute atomic E-state index is 0.352. The lowest BCUT2D eigenvalue weighted by Gasteiger charge is -2.21. The van der Waals surface area contributed by atoms with Crippen molar-refractivity contribution in [3.8, 4) is 0 Å². The first-order valence-corrected chi connectivity index (χ1v) is 6.66. The highest BCUT2D eigenvalue weighted by Gasteiger charge is 2.22. The maximum Gasteiger partial charge on any atom is 0.323 e. The third kappa shape index (κ3) is 4.63. The van der Waals surface area contributed by atoms with Gasteiger partial charge in [0, 0.05) is 0 Å². The first-order chi connectivity index (χ1) is 7.28. The van der Waals surface area contributed by atoms with Crippen LogP contribution in [0, 0.1) is 0 Å². The van der Waals surface area contributed by atoms with Gasteiger partial charge in [-0.2, -0.15) is 0 Å². The van der Waals surface area contributed by atoms with E-state index in [1.54, 1.807) is 11.3 Å². The molecule has 1 aromatic heterocycles. The van der Waals surface area contributed by atoms with Crippen molar-refractivity contribution in [1.82, 2.24) is 0 Å². The molecule has 0 radical (unpaired) electrons. The van der Waals surface area contributed by atoms with E-state index in [0.717, 1.165) is 9.35 Å². The molecular formula is C11H16BrNO2S. The van der Waals surface area contributed by atoms with Crippen LogP contribution in [0.3, 0.4) is 0 Å². The van der Waals surface area contributed by atoms with E-state index in [1.165, 1.54) is 0 Å². The molecule has 0 aliphatic heterocycles. The molecule has 1 unspecified atom stereocenters. The fourth-order valence-corrected chi connectivity index (χ4v) is 2.39. The fourth-order valence-electron chi connectivity index (χ4n) is 1.17. The predicted molar refractivity (Wildman–Crippen MR) is 69.5 cm³/mol. The van der Waals surface area contributed by atoms with Gasteiger partial charge in [-0.15, -0.1) is 11.3 Å². The van der Waals surface area contributed by atoms with Crippen LogP contribution in [0.25, 0.3) is 0 Å². The van der Waals surface area contributed by atoms with E-state index in [-0.39, 0.29) is 5.97 Å². The number of nitrogens with two attached hydrogens (primary N) is 1. The molecule has 0 saturated heterocycles. The molecule has 1 aromatic rings. The molecule has 0 aliphatic carbocycles. The summed E-state index contributed by atoms with van der Waals surface area (Å²) in [5, 5.41) is 1.98. The van der Waals surface area contributed by atoms with Gasteiger partial charge in [-0.3, -0.25) is 4.79 Å². The minimum atomic E-state index is -0.597. The average Bonchev–Trinajstić information content (AvgIpc) is 2.48. The van der Waals surface area contributed by atoms with Crippen LogP contribution in [0.15, 0.2) is 15.2 Å². The number of carbonyl (C=O) groups excluding carboxylic acids is 1. The molecule has 0 amide bonds. The summed E-state index contributed by atoms with van der Waals surface area (Å²) in [6, 6.07) is 1.37. The smallest absolute Gasteiger partial charge is 0.323 e. The Labute approximate surface area is 108 Å². The van der Waals surface area contributed by atoms with E-state index < -0.39 is 11.6 Å². The van der Waals surface area contributed by atoms with Gasteiger partial charge in [-0.05, 0) is 60.1 Å². The van der Waals surface area contributed by atoms with E-state index in [0.29, 0.717) is 6.42 Å². The average molecular weight is 306 g/mol. The number of rotatable bonds is 3. The largest absolute Gasteiger partial charge is 0.459 e. The van der Waals surface area contributed by atoms with E-state index in [9.17, 15) is 4.79 Å². The van der Waals surface area contributed by atoms with Crippen LogP contribution in [0.4, 0.5) is 0 Å². The van der Waals surface area contributed by atoms with Crippen molar-refractivity contribution in [3.63, 3.8) is 0 Å². The first-order valence-electron chi connectivity index (χ1n) is 4.99. The maximum absolute atomic E-state index is 11.6. The monoisotopic (exact) mass is 305 g/mol. The van der Waals surface area contributed by atoms with Crippen molar-refractivity contribution >= 4 is 33.2 Å². The molecule has 1 rings (SSSR count). The van der Waals surface area contributed by atoms with Gasteiger partial charge < -0.3 is 10.5 Å². The van der Waals surface area contributed by atoms with Gasteiger partial charge in [0.2, 0.25) is 0 Å². The van der Waals surface area contributed by atoms with Crippen LogP contribution in [0.5, 0.6) is 0 Å². The van der Waals surface area contributed by atoms with Crippen molar-refractivity contribution in [3.05, 3.63) is 20.8 Å². The normalized spacial score (nSPS) is 13.6. The van der Waals surface area contributed by atoms with Gasteiger partial charge >= 0.3 is 5.97 Å². The summed E-state index contributed by atoms with van der Waals surface area (Å²) in [5.74, 6) is -0.352. The number of hydrogen-bond acceptors (Lipinski definition) is 4. The van der Waals surface area contributed by atoms with Crippen LogP contribution < -0.4 is 5.73 Å². The minimum Gasteiger partial charge on any atom is -0.459 e. The summed E-state index contributed by atoms with van der Waals surface area (Å²) < 4.78 is 6.25. The number of esters is 1. The lowest BCUT2D eigenvalue weighted by atomic mass is 10.1. The van der Waals surface area contributed by atoms with Crippen LogP contribution in [-0.2, 0) is 16.0 Å². The Morgan fingerprint density at radius 3 is 2.69 bits per heavy atom. The highest BCUT2D eigenvalue weighted by atomic mass is 79.9. The molecule has 0 aromatic carbocycles. The van der Waals surface area contributed by atoms with Crippen molar-refractivity contribution in [2.45, 2.75) is 38.8 Å². The highest BCUT2D eigenvalue weighted by molar-refractivity contribution is 9.11. The third-order valence-electron chi connectivity index (χ3n) is 1.79. The van der Waals surface area contributed by atoms with Crippen molar-refractivity contribution < 1.29 is 9.53 Å². The molecular weight excluding hydrogens is 290 g/mol. The second-order valence-corrected chi connectivity index (χ2v) is 6.89. The number of carbonyl (C=O) groups is 1. The zero-order chi connectivity index (χ0) is 12.3. The van der Waals surface area contributed by atoms with Crippen molar-refractivity contribution in [1.29, 1.82) is 0 Å². The molecule has 1 heterocycles. The van der Waals surface area contributed by atoms with E-state index in [4.69, 9.17) is 10.5 Å². The summed E-state index contributed by atoms with van der Waals surface area (Å²) in [6.45, 7) is 5.50. The molecule has 0 saturated carbocycles. The summed E-state index contributed by atoms with van der Waals surface area (Å²) in [6.07, 6.45) is 0.511. The molecule has 5 heteroatoms. The molecule has 1 atom stereocenters. The van der Waals surface area contributed by atoms with Crippen LogP contribution >= 0.6 is 27.3 Å². The highest BCUT2D eigenvalue weighted by Crippen LogP contribution is 2.21. The van der Waals surface area contributed by atoms with E-state index in [2.05, 4.69) is 15.9 Å². The predicted octanol–water partition coefficient (Wildman–Crippen LogP) is 2.72. The second-order valence-electron chi connectivity index (χ2n) is 4.60. The summed E-state index contributed by atoms with van der Waals surface area (Å²) in [4.78, 5) is 11.6. The topological polar surface area (TPSA) is 52.3 Å². The van der Waals surface area contributed by atoms with Gasteiger partial charge in [0.15, 0.2) is 0 Å². The van der Waals surface area contributed by atoms with Gasteiger partial charge in [0.1, 0.15) is 11.6 Å². The molecule has 2 N–H and O–H groups in total. The van der Waals surface area contributed by atoms with Crippen LogP contribution in [0.2, 0.25) is 0 Å². The van der Waals surface area contributed by atoms with Crippen LogP contribution in [0.1, 0.15) is 26.3 Å². The van der Waals surface area contributed by atoms with Crippen molar-refractivity contribution in [2.75, 3.05) is 0 Å². The molecule has 0 spiro atoms. The van der Waals surface area contributed by atoms with Gasteiger partial charge in [-0.25, -0.2) is 0 Å². The van der Waals surface area contributed by atoms with Crippen molar-refractivity contribution in [2.24, 2.45) is 5.73 Å². The quantitative estimate of drug-likeness (QED) is 0.874. The number of ether oxygens (including phenoxy) is 1. The maximum atomic E-state index is 11.6. The Morgan fingerprint density at radius 2 is 2.25 bits per heavy atom. The Balaban J connectivity index is 2.52. The van der Waals surface area contributed by atoms with Gasteiger partial charge in [-0.1, -0.05) is 0 Å². The van der Waals surface area contributed by atoms with E-state index in [1.807, 2.05) is 32.2 Å². The molecule has 0 bridgehead atoms. The number of hydrogen-bond donors (Lipinski definition) is 1. The first kappa shape index (κ1) is 13.7. The molecule has 0 fully saturated rings. The lowest BCUT2D eigenvalue weighted by Crippen LogP contribution is -2.38.